The SMILES string of the molecule is CCNC(=O)Nc1ncnc2c1ncn2[C@@H]1O[C@H](COP(=O)(O)OP(=O)(O)CC(=O)O)C2OC(Cc3ccccc3)OC21. The number of carboxylic acids is 1. The molecule has 5 rings (SSSR count). The maximum absolute atomic E-state index is 12.4. The van der Waals surface area contributed by atoms with Gasteiger partial charge in [0.2, 0.25) is 0 Å². The molecule has 0 aliphatic carbocycles. The number of carboxylic acid groups (broad SMARTS) is 1. The highest BCUT2D eigenvalue weighted by atomic mass is 31.3. The van der Waals surface area contributed by atoms with Gasteiger partial charge in [-0.15, -0.1) is 0 Å². The quantitative estimate of drug-likeness (QED) is 0.176. The Morgan fingerprint density at radius 2 is 1.81 bits per heavy atom. The Morgan fingerprint density at radius 3 is 2.53 bits per heavy atom. The van der Waals surface area contributed by atoms with E-state index in [0.29, 0.717) is 13.0 Å². The van der Waals surface area contributed by atoms with Gasteiger partial charge in [-0.05, 0) is 12.5 Å². The van der Waals surface area contributed by atoms with E-state index in [0.717, 1.165) is 5.56 Å². The number of hydrogen-bond donors (Lipinski definition) is 5. The first-order chi connectivity index (χ1) is 20.4. The van der Waals surface area contributed by atoms with Gasteiger partial charge < -0.3 is 34.4 Å². The molecule has 2 aliphatic heterocycles. The molecule has 18 nitrogen and oxygen atoms in total. The molecule has 5 N–H and O–H groups in total. The lowest BCUT2D eigenvalue weighted by molar-refractivity contribution is -0.149. The summed E-state index contributed by atoms with van der Waals surface area (Å²) in [5, 5.41) is 13.9. The van der Waals surface area contributed by atoms with Crippen LogP contribution in [0.25, 0.3) is 11.2 Å². The van der Waals surface area contributed by atoms with Gasteiger partial charge in [0, 0.05) is 13.0 Å². The molecule has 2 saturated heterocycles. The topological polar surface area (TPSA) is 243 Å². The van der Waals surface area contributed by atoms with Crippen molar-refractivity contribution in [1.82, 2.24) is 24.8 Å². The van der Waals surface area contributed by atoms with Crippen molar-refractivity contribution < 1.29 is 56.7 Å². The molecular weight excluding hydrogens is 614 g/mol. The molecule has 43 heavy (non-hydrogen) atoms. The Hall–Kier alpha value is -3.31. The van der Waals surface area contributed by atoms with Gasteiger partial charge in [-0.25, -0.2) is 28.6 Å². The van der Waals surface area contributed by atoms with Gasteiger partial charge in [0.05, 0.1) is 12.9 Å². The first kappa shape index (κ1) is 31.1. The monoisotopic (exact) mass is 642 g/mol. The van der Waals surface area contributed by atoms with E-state index in [9.17, 15) is 28.5 Å². The number of rotatable bonds is 12. The van der Waals surface area contributed by atoms with Gasteiger partial charge in [-0.3, -0.25) is 23.8 Å². The number of phosphoric acid groups is 1. The maximum atomic E-state index is 12.4. The molecule has 4 heterocycles. The number of aliphatic carboxylic acids is 1. The Morgan fingerprint density at radius 1 is 1.07 bits per heavy atom. The molecule has 7 atom stereocenters. The predicted octanol–water partition coefficient (Wildman–Crippen LogP) is 1.62. The standard InChI is InChI=1S/C23H28N6O12P2/c1-2-24-23(32)28-20-17-21(26-11-25-20)29(12-27-17)22-19-18(39-16(40-19)8-13-6-4-3-5-7-13)14(38-22)9-37-43(35,36)41-42(33,34)10-15(30)31/h3-7,11-12,14,16,18-19,22H,2,8-10H2,1H3,(H,30,31)(H,33,34)(H,35,36)(H2,24,25,26,28,32)/t14-,16?,18?,19?,22-/m1/s1. The van der Waals surface area contributed by atoms with E-state index in [1.54, 1.807) is 6.92 Å². The molecule has 20 heteroatoms. The second kappa shape index (κ2) is 12.7. The summed E-state index contributed by atoms with van der Waals surface area (Å²) in [6.45, 7) is 1.48. The number of aromatic nitrogens is 4. The fourth-order valence-corrected chi connectivity index (χ4v) is 7.04. The minimum atomic E-state index is -5.21. The third-order valence-electron chi connectivity index (χ3n) is 6.32. The summed E-state index contributed by atoms with van der Waals surface area (Å²) in [4.78, 5) is 55.2. The lowest BCUT2D eigenvalue weighted by atomic mass is 10.1. The van der Waals surface area contributed by atoms with Gasteiger partial charge in [0.25, 0.3) is 0 Å². The maximum Gasteiger partial charge on any atom is 0.479 e. The number of hydrogen-bond acceptors (Lipinski definition) is 12. The zero-order valence-electron chi connectivity index (χ0n) is 22.5. The van der Waals surface area contributed by atoms with Gasteiger partial charge in [-0.1, -0.05) is 30.3 Å². The van der Waals surface area contributed by atoms with Crippen molar-refractivity contribution in [3.63, 3.8) is 0 Å². The molecule has 3 aromatic rings. The van der Waals surface area contributed by atoms with Crippen LogP contribution in [0.3, 0.4) is 0 Å². The van der Waals surface area contributed by atoms with Gasteiger partial charge in [0.1, 0.15) is 30.8 Å². The summed E-state index contributed by atoms with van der Waals surface area (Å²) >= 11 is 0. The van der Waals surface area contributed by atoms with Crippen molar-refractivity contribution >= 4 is 44.4 Å². The summed E-state index contributed by atoms with van der Waals surface area (Å²) < 4.78 is 53.4. The van der Waals surface area contributed by atoms with Crippen LogP contribution in [0.15, 0.2) is 43.0 Å². The van der Waals surface area contributed by atoms with E-state index >= 15 is 0 Å². The van der Waals surface area contributed by atoms with E-state index in [1.807, 2.05) is 30.3 Å². The molecular formula is C23H28N6O12P2. The number of nitrogens with one attached hydrogen (secondary N) is 2. The number of fused-ring (bicyclic) bond motifs is 2. The molecule has 2 amide bonds. The Kier molecular flexibility index (Phi) is 9.22. The van der Waals surface area contributed by atoms with E-state index in [4.69, 9.17) is 23.8 Å². The second-order valence-electron chi connectivity index (χ2n) is 9.45. The number of benzene rings is 1. The van der Waals surface area contributed by atoms with Crippen LogP contribution in [0.2, 0.25) is 0 Å². The molecule has 5 unspecified atom stereocenters. The van der Waals surface area contributed by atoms with Crippen LogP contribution in [-0.2, 0) is 43.4 Å². The zero-order valence-corrected chi connectivity index (χ0v) is 24.2. The van der Waals surface area contributed by atoms with Crippen molar-refractivity contribution in [2.24, 2.45) is 0 Å². The lowest BCUT2D eigenvalue weighted by Crippen LogP contribution is -2.31. The molecule has 2 aliphatic rings. The average Bonchev–Trinajstić information content (AvgIpc) is 3.61. The summed E-state index contributed by atoms with van der Waals surface area (Å²) in [5.74, 6) is -1.57. The van der Waals surface area contributed by atoms with Crippen LogP contribution in [0, 0.1) is 0 Å². The van der Waals surface area contributed by atoms with Crippen molar-refractivity contribution in [2.45, 2.75) is 44.2 Å². The van der Waals surface area contributed by atoms with Crippen LogP contribution in [0.4, 0.5) is 10.6 Å². The Bertz CT molecular complexity index is 1570. The van der Waals surface area contributed by atoms with Crippen LogP contribution in [0.1, 0.15) is 18.7 Å². The molecule has 1 aromatic carbocycles. The number of anilines is 1. The van der Waals surface area contributed by atoms with E-state index in [1.165, 1.54) is 17.2 Å². The highest BCUT2D eigenvalue weighted by Crippen LogP contribution is 2.60. The fraction of sp³-hybridized carbons (Fsp3) is 0.435. The second-order valence-corrected chi connectivity index (χ2v) is 12.9. The van der Waals surface area contributed by atoms with Crippen molar-refractivity contribution in [1.29, 1.82) is 0 Å². The third-order valence-corrected chi connectivity index (χ3v) is 9.31. The number of urea groups is 1. The number of ether oxygens (including phenoxy) is 3. The van der Waals surface area contributed by atoms with E-state index in [-0.39, 0.29) is 17.0 Å². The number of imidazole rings is 1. The third kappa shape index (κ3) is 7.44. The molecule has 0 radical (unpaired) electrons. The number of carbonyl (C=O) groups excluding carboxylic acids is 1. The summed E-state index contributed by atoms with van der Waals surface area (Å²) in [6.07, 6.45) is -2.83. The molecule has 2 aromatic heterocycles. The molecule has 0 bridgehead atoms. The van der Waals surface area contributed by atoms with Crippen LogP contribution < -0.4 is 10.6 Å². The Balaban J connectivity index is 1.38. The Labute approximate surface area is 243 Å². The van der Waals surface area contributed by atoms with Crippen LogP contribution in [0.5, 0.6) is 0 Å². The number of phosphoric ester groups is 1. The zero-order chi connectivity index (χ0) is 30.8. The fourth-order valence-electron chi connectivity index (χ4n) is 4.66. The minimum Gasteiger partial charge on any atom is -0.481 e. The van der Waals surface area contributed by atoms with Crippen LogP contribution in [-0.4, -0.2) is 90.3 Å². The molecule has 232 valence electrons. The first-order valence-electron chi connectivity index (χ1n) is 12.9. The first-order valence-corrected chi connectivity index (χ1v) is 16.2. The number of nitrogens with zero attached hydrogens (tertiary/aromatic N) is 4. The largest absolute Gasteiger partial charge is 0.481 e. The highest BCUT2D eigenvalue weighted by molar-refractivity contribution is 7.64. The van der Waals surface area contributed by atoms with Crippen molar-refractivity contribution in [3.05, 3.63) is 48.5 Å². The summed E-state index contributed by atoms with van der Waals surface area (Å²) in [5.41, 5.74) is 1.44. The van der Waals surface area contributed by atoms with Crippen LogP contribution >= 0.6 is 15.4 Å². The summed E-state index contributed by atoms with van der Waals surface area (Å²) in [6, 6.07) is 8.88. The lowest BCUT2D eigenvalue weighted by Gasteiger charge is -2.22. The molecule has 0 spiro atoms. The molecule has 0 saturated carbocycles. The van der Waals surface area contributed by atoms with Gasteiger partial charge >= 0.3 is 27.4 Å². The number of carbonyl (C=O) groups is 2. The van der Waals surface area contributed by atoms with E-state index in [2.05, 4.69) is 29.9 Å². The van der Waals surface area contributed by atoms with Gasteiger partial charge in [-0.2, -0.15) is 0 Å². The smallest absolute Gasteiger partial charge is 0.479 e. The highest BCUT2D eigenvalue weighted by Gasteiger charge is 2.54. The minimum absolute atomic E-state index is 0.142. The predicted molar refractivity (Wildman–Crippen MR) is 145 cm³/mol. The van der Waals surface area contributed by atoms with E-state index < -0.39 is 71.0 Å². The number of amides is 2. The van der Waals surface area contributed by atoms with Crippen molar-refractivity contribution in [3.8, 4) is 0 Å². The van der Waals surface area contributed by atoms with Crippen molar-refractivity contribution in [2.75, 3.05) is 24.6 Å². The van der Waals surface area contributed by atoms with Gasteiger partial charge in [0.15, 0.2) is 29.5 Å². The molecule has 2 fully saturated rings. The normalized spacial score (nSPS) is 26.0. The average molecular weight is 642 g/mol. The summed E-state index contributed by atoms with van der Waals surface area (Å²) in [7, 11) is -10.2.